The van der Waals surface area contributed by atoms with Crippen molar-refractivity contribution in [2.45, 2.75) is 25.6 Å². The summed E-state index contributed by atoms with van der Waals surface area (Å²) in [5.74, 6) is -0.664. The van der Waals surface area contributed by atoms with Crippen molar-refractivity contribution in [2.75, 3.05) is 20.2 Å². The first-order valence-corrected chi connectivity index (χ1v) is 4.96. The number of rotatable bonds is 5. The molecule has 4 nitrogen and oxygen atoms in total. The molecule has 0 fully saturated rings. The van der Waals surface area contributed by atoms with Crippen molar-refractivity contribution >= 4 is 23.5 Å². The molecule has 0 aliphatic rings. The number of amides is 1. The highest BCUT2D eigenvalue weighted by molar-refractivity contribution is 6.30. The summed E-state index contributed by atoms with van der Waals surface area (Å²) in [5, 5.41) is -0.605. The Balaban J connectivity index is 4.28. The molecule has 0 saturated heterocycles. The smallest absolute Gasteiger partial charge is 0.325 e. The topological polar surface area (TPSA) is 46.6 Å². The number of nitrogens with zero attached hydrogens (tertiary/aromatic N) is 1. The molecule has 5 heteroatoms. The zero-order valence-electron chi connectivity index (χ0n) is 8.75. The van der Waals surface area contributed by atoms with Gasteiger partial charge >= 0.3 is 5.97 Å². The van der Waals surface area contributed by atoms with Crippen LogP contribution in [0.4, 0.5) is 0 Å². The average Bonchev–Trinajstić information content (AvgIpc) is 2.15. The lowest BCUT2D eigenvalue weighted by Crippen LogP contribution is -2.40. The van der Waals surface area contributed by atoms with Gasteiger partial charge in [0, 0.05) is 6.54 Å². The van der Waals surface area contributed by atoms with Crippen LogP contribution in [0.2, 0.25) is 0 Å². The lowest BCUT2D eigenvalue weighted by molar-refractivity contribution is -0.146. The summed E-state index contributed by atoms with van der Waals surface area (Å²) < 4.78 is 4.48. The molecule has 0 aromatic carbocycles. The van der Waals surface area contributed by atoms with Gasteiger partial charge in [0.2, 0.25) is 5.91 Å². The zero-order chi connectivity index (χ0) is 11.1. The van der Waals surface area contributed by atoms with Crippen molar-refractivity contribution < 1.29 is 14.3 Å². The molecule has 1 unspecified atom stereocenters. The summed E-state index contributed by atoms with van der Waals surface area (Å²) >= 11 is 5.64. The lowest BCUT2D eigenvalue weighted by atomic mass is 10.3. The maximum Gasteiger partial charge on any atom is 0.325 e. The fourth-order valence-corrected chi connectivity index (χ4v) is 1.15. The Labute approximate surface area is 89.2 Å². The molecule has 0 spiro atoms. The van der Waals surface area contributed by atoms with E-state index in [1.807, 2.05) is 6.92 Å². The highest BCUT2D eigenvalue weighted by Crippen LogP contribution is 2.02. The number of methoxy groups -OCH3 is 1. The molecule has 14 heavy (non-hydrogen) atoms. The monoisotopic (exact) mass is 221 g/mol. The number of halogens is 1. The molecular weight excluding hydrogens is 206 g/mol. The Morgan fingerprint density at radius 1 is 1.50 bits per heavy atom. The highest BCUT2D eigenvalue weighted by Gasteiger charge is 2.20. The first-order chi connectivity index (χ1) is 6.52. The Morgan fingerprint density at radius 3 is 2.43 bits per heavy atom. The molecule has 0 aromatic heterocycles. The number of carbonyl (C=O) groups is 2. The molecule has 0 N–H and O–H groups in total. The SMILES string of the molecule is CCCN(CC(=O)OC)C(=O)C(C)Cl. The van der Waals surface area contributed by atoms with Crippen LogP contribution in [0.1, 0.15) is 20.3 Å². The molecule has 0 saturated carbocycles. The van der Waals surface area contributed by atoms with E-state index in [0.717, 1.165) is 6.42 Å². The van der Waals surface area contributed by atoms with E-state index in [-0.39, 0.29) is 12.5 Å². The minimum Gasteiger partial charge on any atom is -0.468 e. The molecule has 1 amide bonds. The van der Waals surface area contributed by atoms with Gasteiger partial charge in [-0.05, 0) is 13.3 Å². The van der Waals surface area contributed by atoms with Crippen LogP contribution in [0.25, 0.3) is 0 Å². The molecule has 0 radical (unpaired) electrons. The predicted molar refractivity (Wildman–Crippen MR) is 54.2 cm³/mol. The second-order valence-electron chi connectivity index (χ2n) is 2.95. The fraction of sp³-hybridized carbons (Fsp3) is 0.778. The second kappa shape index (κ2) is 6.65. The molecule has 0 aliphatic carbocycles. The van der Waals surface area contributed by atoms with E-state index >= 15 is 0 Å². The summed E-state index contributed by atoms with van der Waals surface area (Å²) in [5.41, 5.74) is 0. The molecular formula is C9H16ClNO3. The van der Waals surface area contributed by atoms with Crippen molar-refractivity contribution in [1.29, 1.82) is 0 Å². The lowest BCUT2D eigenvalue weighted by Gasteiger charge is -2.21. The quantitative estimate of drug-likeness (QED) is 0.515. The minimum absolute atomic E-state index is 0.0275. The van der Waals surface area contributed by atoms with Crippen LogP contribution in [-0.2, 0) is 14.3 Å². The van der Waals surface area contributed by atoms with Crippen LogP contribution >= 0.6 is 11.6 Å². The van der Waals surface area contributed by atoms with E-state index in [1.165, 1.54) is 12.0 Å². The molecule has 1 atom stereocenters. The fourth-order valence-electron chi connectivity index (χ4n) is 1.01. The van der Waals surface area contributed by atoms with Crippen LogP contribution in [0, 0.1) is 0 Å². The molecule has 0 bridgehead atoms. The normalized spacial score (nSPS) is 12.0. The molecule has 82 valence electrons. The van der Waals surface area contributed by atoms with Crippen molar-refractivity contribution in [3.63, 3.8) is 0 Å². The number of hydrogen-bond acceptors (Lipinski definition) is 3. The van der Waals surface area contributed by atoms with Crippen LogP contribution in [0.15, 0.2) is 0 Å². The van der Waals surface area contributed by atoms with Gasteiger partial charge in [-0.1, -0.05) is 6.92 Å². The first-order valence-electron chi connectivity index (χ1n) is 4.52. The van der Waals surface area contributed by atoms with Crippen LogP contribution in [0.5, 0.6) is 0 Å². The maximum absolute atomic E-state index is 11.5. The van der Waals surface area contributed by atoms with E-state index in [0.29, 0.717) is 6.54 Å². The van der Waals surface area contributed by atoms with E-state index in [4.69, 9.17) is 11.6 Å². The first kappa shape index (κ1) is 13.2. The van der Waals surface area contributed by atoms with Gasteiger partial charge in [0.1, 0.15) is 11.9 Å². The van der Waals surface area contributed by atoms with Gasteiger partial charge in [-0.25, -0.2) is 0 Å². The summed E-state index contributed by atoms with van der Waals surface area (Å²) in [6, 6.07) is 0. The van der Waals surface area contributed by atoms with Crippen molar-refractivity contribution in [3.05, 3.63) is 0 Å². The third-order valence-corrected chi connectivity index (χ3v) is 1.88. The van der Waals surface area contributed by atoms with Crippen molar-refractivity contribution in [2.24, 2.45) is 0 Å². The van der Waals surface area contributed by atoms with Gasteiger partial charge in [-0.15, -0.1) is 11.6 Å². The molecule has 0 aromatic rings. The van der Waals surface area contributed by atoms with Gasteiger partial charge in [-0.2, -0.15) is 0 Å². The van der Waals surface area contributed by atoms with E-state index in [1.54, 1.807) is 6.92 Å². The van der Waals surface area contributed by atoms with Crippen LogP contribution in [-0.4, -0.2) is 42.4 Å². The third-order valence-electron chi connectivity index (χ3n) is 1.69. The van der Waals surface area contributed by atoms with Crippen LogP contribution < -0.4 is 0 Å². The van der Waals surface area contributed by atoms with E-state index < -0.39 is 11.3 Å². The summed E-state index contributed by atoms with van der Waals surface area (Å²) in [7, 11) is 1.29. The largest absolute Gasteiger partial charge is 0.468 e. The Kier molecular flexibility index (Phi) is 6.28. The maximum atomic E-state index is 11.5. The molecule has 0 rings (SSSR count). The number of esters is 1. The van der Waals surface area contributed by atoms with Gasteiger partial charge in [0.15, 0.2) is 0 Å². The van der Waals surface area contributed by atoms with E-state index in [2.05, 4.69) is 4.74 Å². The summed E-state index contributed by atoms with van der Waals surface area (Å²) in [6.07, 6.45) is 0.784. The Morgan fingerprint density at radius 2 is 2.07 bits per heavy atom. The van der Waals surface area contributed by atoms with Crippen molar-refractivity contribution in [3.8, 4) is 0 Å². The van der Waals surface area contributed by atoms with Gasteiger partial charge < -0.3 is 9.64 Å². The number of carbonyl (C=O) groups excluding carboxylic acids is 2. The predicted octanol–water partition coefficient (Wildman–Crippen LogP) is 1.03. The number of hydrogen-bond donors (Lipinski definition) is 0. The number of alkyl halides is 1. The molecule has 0 heterocycles. The average molecular weight is 222 g/mol. The number of ether oxygens (including phenoxy) is 1. The minimum atomic E-state index is -0.605. The standard InChI is InChI=1S/C9H16ClNO3/c1-4-5-11(6-8(12)14-3)9(13)7(2)10/h7H,4-6H2,1-3H3. The van der Waals surface area contributed by atoms with Gasteiger partial charge in [0.05, 0.1) is 7.11 Å². The second-order valence-corrected chi connectivity index (χ2v) is 3.61. The summed E-state index contributed by atoms with van der Waals surface area (Å²) in [4.78, 5) is 23.8. The van der Waals surface area contributed by atoms with Crippen molar-refractivity contribution in [1.82, 2.24) is 4.90 Å². The zero-order valence-corrected chi connectivity index (χ0v) is 9.50. The van der Waals surface area contributed by atoms with Crippen LogP contribution in [0.3, 0.4) is 0 Å². The van der Waals surface area contributed by atoms with Gasteiger partial charge in [-0.3, -0.25) is 9.59 Å². The third kappa shape index (κ3) is 4.46. The Hall–Kier alpha value is -0.770. The van der Waals surface area contributed by atoms with E-state index in [9.17, 15) is 9.59 Å². The van der Waals surface area contributed by atoms with Gasteiger partial charge in [0.25, 0.3) is 0 Å². The highest BCUT2D eigenvalue weighted by atomic mass is 35.5. The molecule has 0 aliphatic heterocycles. The summed E-state index contributed by atoms with van der Waals surface area (Å²) in [6.45, 7) is 4.01. The Bertz CT molecular complexity index is 206.